The normalized spacial score (nSPS) is 22.1. The molecule has 0 spiro atoms. The number of allylic oxidation sites excluding steroid dienone is 1. The highest BCUT2D eigenvalue weighted by Crippen LogP contribution is 2.20. The molecule has 0 aromatic carbocycles. The van der Waals surface area contributed by atoms with Crippen LogP contribution in [0.15, 0.2) is 12.2 Å². The molecular weight excluding hydrogens is 196 g/mol. The summed E-state index contributed by atoms with van der Waals surface area (Å²) in [6, 6.07) is 0. The summed E-state index contributed by atoms with van der Waals surface area (Å²) < 4.78 is 4.70. The molecule has 1 aliphatic carbocycles. The van der Waals surface area contributed by atoms with Gasteiger partial charge in [0.15, 0.2) is 11.6 Å². The number of esters is 1. The lowest BCUT2D eigenvalue weighted by atomic mass is 9.87. The molecule has 1 rings (SSSR count). The zero-order valence-electron chi connectivity index (χ0n) is 8.69. The second-order valence-electron chi connectivity index (χ2n) is 3.46. The molecule has 0 saturated heterocycles. The molecule has 82 valence electrons. The van der Waals surface area contributed by atoms with Gasteiger partial charge in [0.1, 0.15) is 0 Å². The fraction of sp³-hybridized carbons (Fsp3) is 0.545. The first-order valence-corrected chi connectivity index (χ1v) is 5.04. The fourth-order valence-electron chi connectivity index (χ4n) is 1.48. The number of Topliss-reactive ketones (excluding diaryl/α,β-unsaturated/α-hetero) is 2. The molecule has 4 nitrogen and oxygen atoms in total. The highest BCUT2D eigenvalue weighted by molar-refractivity contribution is 6.37. The van der Waals surface area contributed by atoms with Crippen LogP contribution in [0.3, 0.4) is 0 Å². The molecule has 1 fully saturated rings. The second-order valence-corrected chi connectivity index (χ2v) is 3.46. The minimum Gasteiger partial charge on any atom is -0.463 e. The van der Waals surface area contributed by atoms with Crippen molar-refractivity contribution < 1.29 is 19.1 Å². The van der Waals surface area contributed by atoms with Crippen molar-refractivity contribution in [2.75, 3.05) is 6.61 Å². The summed E-state index contributed by atoms with van der Waals surface area (Å²) in [5.74, 6) is -1.03. The Hall–Kier alpha value is -1.45. The zero-order chi connectivity index (χ0) is 11.3. The lowest BCUT2D eigenvalue weighted by Gasteiger charge is -2.15. The van der Waals surface area contributed by atoms with Crippen LogP contribution in [-0.2, 0) is 19.1 Å². The largest absolute Gasteiger partial charge is 0.463 e. The molecule has 15 heavy (non-hydrogen) atoms. The number of ketones is 2. The molecule has 0 heterocycles. The molecule has 0 aliphatic heterocycles. The summed E-state index contributed by atoms with van der Waals surface area (Å²) in [5.41, 5.74) is 0. The van der Waals surface area contributed by atoms with Crippen molar-refractivity contribution >= 4 is 17.5 Å². The predicted molar refractivity (Wildman–Crippen MR) is 53.1 cm³/mol. The molecule has 0 aromatic rings. The zero-order valence-corrected chi connectivity index (χ0v) is 8.69. The first-order valence-electron chi connectivity index (χ1n) is 5.04. The third-order valence-corrected chi connectivity index (χ3v) is 2.29. The van der Waals surface area contributed by atoms with Crippen LogP contribution in [0, 0.1) is 5.92 Å². The molecular formula is C11H14O4. The van der Waals surface area contributed by atoms with Gasteiger partial charge in [-0.3, -0.25) is 9.59 Å². The lowest BCUT2D eigenvalue weighted by Crippen LogP contribution is -2.23. The van der Waals surface area contributed by atoms with Gasteiger partial charge in [0.25, 0.3) is 0 Å². The van der Waals surface area contributed by atoms with Gasteiger partial charge in [-0.25, -0.2) is 4.79 Å². The van der Waals surface area contributed by atoms with Crippen molar-refractivity contribution in [1.29, 1.82) is 0 Å². The molecule has 0 bridgehead atoms. The van der Waals surface area contributed by atoms with Crippen LogP contribution in [0.4, 0.5) is 0 Å². The van der Waals surface area contributed by atoms with E-state index in [0.717, 1.165) is 0 Å². The van der Waals surface area contributed by atoms with Crippen LogP contribution >= 0.6 is 0 Å². The Kier molecular flexibility index (Phi) is 4.21. The highest BCUT2D eigenvalue weighted by Gasteiger charge is 2.24. The van der Waals surface area contributed by atoms with Crippen molar-refractivity contribution in [2.45, 2.75) is 26.2 Å². The van der Waals surface area contributed by atoms with Gasteiger partial charge >= 0.3 is 5.97 Å². The molecule has 1 atom stereocenters. The Morgan fingerprint density at radius 2 is 2.20 bits per heavy atom. The van der Waals surface area contributed by atoms with Gasteiger partial charge in [0.2, 0.25) is 0 Å². The fourth-order valence-corrected chi connectivity index (χ4v) is 1.48. The van der Waals surface area contributed by atoms with Crippen LogP contribution in [0.1, 0.15) is 26.2 Å². The van der Waals surface area contributed by atoms with Crippen molar-refractivity contribution in [3.8, 4) is 0 Å². The Bertz CT molecular complexity index is 304. The van der Waals surface area contributed by atoms with E-state index in [9.17, 15) is 14.4 Å². The van der Waals surface area contributed by atoms with E-state index >= 15 is 0 Å². The molecule has 4 heteroatoms. The van der Waals surface area contributed by atoms with Crippen LogP contribution in [0.2, 0.25) is 0 Å². The summed E-state index contributed by atoms with van der Waals surface area (Å²) in [6.45, 7) is 2.07. The van der Waals surface area contributed by atoms with E-state index in [1.54, 1.807) is 13.0 Å². The molecule has 1 unspecified atom stereocenters. The van der Waals surface area contributed by atoms with Gasteiger partial charge in [-0.2, -0.15) is 0 Å². The number of carbonyl (C=O) groups excluding carboxylic acids is 3. The molecule has 0 aromatic heterocycles. The number of hydrogen-bond acceptors (Lipinski definition) is 4. The van der Waals surface area contributed by atoms with Gasteiger partial charge in [-0.15, -0.1) is 0 Å². The molecule has 1 saturated carbocycles. The SMILES string of the molecule is CCOC(=O)C=CC1CCC(=O)C(=O)C1. The van der Waals surface area contributed by atoms with Crippen LogP contribution < -0.4 is 0 Å². The molecule has 0 N–H and O–H groups in total. The number of carbonyl (C=O) groups is 3. The topological polar surface area (TPSA) is 60.4 Å². The smallest absolute Gasteiger partial charge is 0.330 e. The van der Waals surface area contributed by atoms with E-state index in [1.807, 2.05) is 0 Å². The van der Waals surface area contributed by atoms with E-state index in [0.29, 0.717) is 13.0 Å². The molecule has 1 aliphatic rings. The number of hydrogen-bond donors (Lipinski definition) is 0. The van der Waals surface area contributed by atoms with E-state index in [2.05, 4.69) is 0 Å². The monoisotopic (exact) mass is 210 g/mol. The van der Waals surface area contributed by atoms with Crippen molar-refractivity contribution in [3.05, 3.63) is 12.2 Å². The van der Waals surface area contributed by atoms with Crippen LogP contribution in [0.25, 0.3) is 0 Å². The minimum atomic E-state index is -0.401. The second kappa shape index (κ2) is 5.44. The summed E-state index contributed by atoms with van der Waals surface area (Å²) in [4.78, 5) is 33.0. The van der Waals surface area contributed by atoms with Gasteiger partial charge < -0.3 is 4.74 Å². The number of rotatable bonds is 3. The van der Waals surface area contributed by atoms with E-state index in [-0.39, 0.29) is 30.3 Å². The van der Waals surface area contributed by atoms with Gasteiger partial charge in [0, 0.05) is 18.9 Å². The maximum atomic E-state index is 11.1. The average Bonchev–Trinajstić information content (AvgIpc) is 2.20. The van der Waals surface area contributed by atoms with E-state index < -0.39 is 5.97 Å². The number of ether oxygens (including phenoxy) is 1. The first kappa shape index (κ1) is 11.6. The molecule has 0 radical (unpaired) electrons. The predicted octanol–water partition coefficient (Wildman–Crippen LogP) is 1.04. The maximum Gasteiger partial charge on any atom is 0.330 e. The van der Waals surface area contributed by atoms with Crippen LogP contribution in [-0.4, -0.2) is 24.1 Å². The van der Waals surface area contributed by atoms with Crippen molar-refractivity contribution in [3.63, 3.8) is 0 Å². The van der Waals surface area contributed by atoms with Crippen molar-refractivity contribution in [2.24, 2.45) is 5.92 Å². The van der Waals surface area contributed by atoms with Crippen molar-refractivity contribution in [1.82, 2.24) is 0 Å². The highest BCUT2D eigenvalue weighted by atomic mass is 16.5. The summed E-state index contributed by atoms with van der Waals surface area (Å²) in [7, 11) is 0. The van der Waals surface area contributed by atoms with Crippen LogP contribution in [0.5, 0.6) is 0 Å². The average molecular weight is 210 g/mol. The molecule has 0 amide bonds. The van der Waals surface area contributed by atoms with E-state index in [4.69, 9.17) is 4.74 Å². The lowest BCUT2D eigenvalue weighted by molar-refractivity contribution is -0.138. The maximum absolute atomic E-state index is 11.1. The first-order chi connectivity index (χ1) is 7.13. The van der Waals surface area contributed by atoms with Gasteiger partial charge in [-0.1, -0.05) is 6.08 Å². The Morgan fingerprint density at radius 1 is 1.47 bits per heavy atom. The Morgan fingerprint density at radius 3 is 2.80 bits per heavy atom. The van der Waals surface area contributed by atoms with Gasteiger partial charge in [0.05, 0.1) is 6.61 Å². The third kappa shape index (κ3) is 3.65. The quantitative estimate of drug-likeness (QED) is 0.397. The Balaban J connectivity index is 2.43. The van der Waals surface area contributed by atoms with Gasteiger partial charge in [-0.05, 0) is 19.3 Å². The summed E-state index contributed by atoms with van der Waals surface area (Å²) >= 11 is 0. The third-order valence-electron chi connectivity index (χ3n) is 2.29. The summed E-state index contributed by atoms with van der Waals surface area (Å²) in [5, 5.41) is 0. The standard InChI is InChI=1S/C11H14O4/c1-2-15-11(14)6-4-8-3-5-9(12)10(13)7-8/h4,6,8H,2-3,5,7H2,1H3. The summed E-state index contributed by atoms with van der Waals surface area (Å²) in [6.07, 6.45) is 4.13. The van der Waals surface area contributed by atoms with E-state index in [1.165, 1.54) is 6.08 Å². The Labute approximate surface area is 88.3 Å². The minimum absolute atomic E-state index is 0.000365.